The number of carboxylic acids is 1. The molecule has 0 aliphatic carbocycles. The smallest absolute Gasteiger partial charge is 0.323 e. The van der Waals surface area contributed by atoms with E-state index >= 15 is 0 Å². The highest BCUT2D eigenvalue weighted by molar-refractivity contribution is 9.10. The summed E-state index contributed by atoms with van der Waals surface area (Å²) in [6, 6.07) is 5.10. The fourth-order valence-corrected chi connectivity index (χ4v) is 2.77. The van der Waals surface area contributed by atoms with Gasteiger partial charge in [-0.25, -0.2) is 4.98 Å². The van der Waals surface area contributed by atoms with Crippen molar-refractivity contribution < 1.29 is 9.90 Å². The normalized spacial score (nSPS) is 10.7. The third-order valence-corrected chi connectivity index (χ3v) is 3.97. The zero-order valence-corrected chi connectivity index (χ0v) is 12.8. The van der Waals surface area contributed by atoms with Gasteiger partial charge in [-0.05, 0) is 18.2 Å². The van der Waals surface area contributed by atoms with Gasteiger partial charge >= 0.3 is 5.97 Å². The van der Waals surface area contributed by atoms with E-state index in [0.717, 1.165) is 4.47 Å². The second-order valence-electron chi connectivity index (χ2n) is 3.94. The average Bonchev–Trinajstić information content (AvgIpc) is 2.39. The van der Waals surface area contributed by atoms with Crippen molar-refractivity contribution in [3.05, 3.63) is 45.7 Å². The lowest BCUT2D eigenvalue weighted by molar-refractivity contribution is -0.137. The zero-order valence-electron chi connectivity index (χ0n) is 10.4. The van der Waals surface area contributed by atoms with Crippen LogP contribution in [0.2, 0.25) is 0 Å². The molecular formula is C13H11BrN2O3S. The van der Waals surface area contributed by atoms with Crippen LogP contribution in [0.15, 0.2) is 45.3 Å². The molecule has 20 heavy (non-hydrogen) atoms. The molecule has 2 aromatic rings. The van der Waals surface area contributed by atoms with E-state index in [-0.39, 0.29) is 5.56 Å². The van der Waals surface area contributed by atoms with Crippen molar-refractivity contribution in [1.29, 1.82) is 0 Å². The van der Waals surface area contributed by atoms with Crippen LogP contribution in [-0.4, -0.2) is 26.4 Å². The number of benzene rings is 1. The largest absolute Gasteiger partial charge is 0.480 e. The fraction of sp³-hybridized carbons (Fsp3) is 0.154. The molecule has 2 rings (SSSR count). The van der Waals surface area contributed by atoms with Gasteiger partial charge in [0.2, 0.25) is 0 Å². The number of aromatic nitrogens is 2. The monoisotopic (exact) mass is 354 g/mol. The number of halogens is 1. The van der Waals surface area contributed by atoms with Crippen LogP contribution >= 0.6 is 27.7 Å². The fourth-order valence-electron chi connectivity index (χ4n) is 1.69. The predicted molar refractivity (Wildman–Crippen MR) is 82.3 cm³/mol. The van der Waals surface area contributed by atoms with E-state index < -0.39 is 12.5 Å². The van der Waals surface area contributed by atoms with Gasteiger partial charge in [-0.15, -0.1) is 6.58 Å². The van der Waals surface area contributed by atoms with Crippen molar-refractivity contribution in [1.82, 2.24) is 9.55 Å². The summed E-state index contributed by atoms with van der Waals surface area (Å²) in [6.45, 7) is 3.20. The third-order valence-electron chi connectivity index (χ3n) is 2.51. The summed E-state index contributed by atoms with van der Waals surface area (Å²) in [6.07, 6.45) is 1.67. The van der Waals surface area contributed by atoms with Gasteiger partial charge in [-0.1, -0.05) is 33.8 Å². The van der Waals surface area contributed by atoms with Crippen LogP contribution in [0.3, 0.4) is 0 Å². The molecule has 0 atom stereocenters. The molecule has 7 heteroatoms. The van der Waals surface area contributed by atoms with Crippen LogP contribution in [0.5, 0.6) is 0 Å². The van der Waals surface area contributed by atoms with Crippen molar-refractivity contribution >= 4 is 44.6 Å². The molecule has 0 fully saturated rings. The van der Waals surface area contributed by atoms with Gasteiger partial charge in [-0.3, -0.25) is 14.2 Å². The Bertz CT molecular complexity index is 742. The summed E-state index contributed by atoms with van der Waals surface area (Å²) in [5.41, 5.74) is 0.189. The lowest BCUT2D eigenvalue weighted by Crippen LogP contribution is -2.26. The molecule has 0 radical (unpaired) electrons. The number of aliphatic carboxylic acids is 1. The van der Waals surface area contributed by atoms with Gasteiger partial charge in [0, 0.05) is 10.2 Å². The van der Waals surface area contributed by atoms with E-state index in [2.05, 4.69) is 27.5 Å². The zero-order chi connectivity index (χ0) is 14.7. The SMILES string of the molecule is C=CCSc1nc2cc(Br)ccc2c(=O)n1CC(=O)O. The Balaban J connectivity index is 2.68. The van der Waals surface area contributed by atoms with Gasteiger partial charge < -0.3 is 5.11 Å². The molecule has 1 aromatic carbocycles. The number of nitrogens with zero attached hydrogens (tertiary/aromatic N) is 2. The van der Waals surface area contributed by atoms with Crippen LogP contribution < -0.4 is 5.56 Å². The first-order valence-corrected chi connectivity index (χ1v) is 7.46. The summed E-state index contributed by atoms with van der Waals surface area (Å²) < 4.78 is 1.99. The Morgan fingerprint density at radius 2 is 2.30 bits per heavy atom. The summed E-state index contributed by atoms with van der Waals surface area (Å²) in [4.78, 5) is 27.6. The summed E-state index contributed by atoms with van der Waals surface area (Å²) >= 11 is 4.61. The van der Waals surface area contributed by atoms with E-state index in [1.807, 2.05) is 0 Å². The number of hydrogen-bond donors (Lipinski definition) is 1. The maximum atomic E-state index is 12.4. The number of hydrogen-bond acceptors (Lipinski definition) is 4. The number of carboxylic acid groups (broad SMARTS) is 1. The highest BCUT2D eigenvalue weighted by atomic mass is 79.9. The number of rotatable bonds is 5. The summed E-state index contributed by atoms with van der Waals surface area (Å²) in [5, 5.41) is 9.71. The lowest BCUT2D eigenvalue weighted by atomic mass is 10.2. The Labute approximate surface area is 127 Å². The van der Waals surface area contributed by atoms with E-state index in [1.165, 1.54) is 16.3 Å². The van der Waals surface area contributed by atoms with Crippen molar-refractivity contribution in [2.24, 2.45) is 0 Å². The van der Waals surface area contributed by atoms with Crippen molar-refractivity contribution in [2.75, 3.05) is 5.75 Å². The molecule has 0 aliphatic rings. The van der Waals surface area contributed by atoms with Crippen LogP contribution in [0.25, 0.3) is 10.9 Å². The van der Waals surface area contributed by atoms with Gasteiger partial charge in [0.15, 0.2) is 5.16 Å². The standard InChI is InChI=1S/C13H11BrN2O3S/c1-2-5-20-13-15-10-6-8(14)3-4-9(10)12(19)16(13)7-11(17)18/h2-4,6H,1,5,7H2,(H,17,18). The highest BCUT2D eigenvalue weighted by Gasteiger charge is 2.13. The number of fused-ring (bicyclic) bond motifs is 1. The average molecular weight is 355 g/mol. The minimum absolute atomic E-state index is 0.350. The van der Waals surface area contributed by atoms with Gasteiger partial charge in [0.05, 0.1) is 10.9 Å². The van der Waals surface area contributed by atoms with Crippen molar-refractivity contribution in [3.8, 4) is 0 Å². The quantitative estimate of drug-likeness (QED) is 0.507. The van der Waals surface area contributed by atoms with E-state index in [1.54, 1.807) is 24.3 Å². The molecule has 1 aromatic heterocycles. The molecule has 0 amide bonds. The third kappa shape index (κ3) is 3.10. The van der Waals surface area contributed by atoms with Gasteiger partial charge in [0.1, 0.15) is 6.54 Å². The molecule has 104 valence electrons. The van der Waals surface area contributed by atoms with Crippen molar-refractivity contribution in [3.63, 3.8) is 0 Å². The lowest BCUT2D eigenvalue weighted by Gasteiger charge is -2.10. The van der Waals surface area contributed by atoms with Crippen LogP contribution in [0.1, 0.15) is 0 Å². The first kappa shape index (κ1) is 14.8. The van der Waals surface area contributed by atoms with E-state index in [9.17, 15) is 9.59 Å². The van der Waals surface area contributed by atoms with Crippen LogP contribution in [-0.2, 0) is 11.3 Å². The molecule has 5 nitrogen and oxygen atoms in total. The molecule has 0 spiro atoms. The topological polar surface area (TPSA) is 72.2 Å². The number of thioether (sulfide) groups is 1. The highest BCUT2D eigenvalue weighted by Crippen LogP contribution is 2.20. The Hall–Kier alpha value is -1.60. The maximum Gasteiger partial charge on any atom is 0.323 e. The first-order chi connectivity index (χ1) is 9.52. The van der Waals surface area contributed by atoms with E-state index in [0.29, 0.717) is 21.8 Å². The summed E-state index contributed by atoms with van der Waals surface area (Å²) in [7, 11) is 0. The second kappa shape index (κ2) is 6.23. The van der Waals surface area contributed by atoms with Gasteiger partial charge in [0.25, 0.3) is 5.56 Å². The summed E-state index contributed by atoms with van der Waals surface area (Å²) in [5.74, 6) is -0.531. The molecule has 0 bridgehead atoms. The van der Waals surface area contributed by atoms with Gasteiger partial charge in [-0.2, -0.15) is 0 Å². The Morgan fingerprint density at radius 3 is 2.95 bits per heavy atom. The van der Waals surface area contributed by atoms with E-state index in [4.69, 9.17) is 5.11 Å². The predicted octanol–water partition coefficient (Wildman–Crippen LogP) is 2.52. The molecule has 0 saturated heterocycles. The van der Waals surface area contributed by atoms with Crippen LogP contribution in [0, 0.1) is 0 Å². The Kier molecular flexibility index (Phi) is 4.61. The molecule has 0 aliphatic heterocycles. The minimum Gasteiger partial charge on any atom is -0.480 e. The Morgan fingerprint density at radius 1 is 1.55 bits per heavy atom. The van der Waals surface area contributed by atoms with Crippen molar-refractivity contribution in [2.45, 2.75) is 11.7 Å². The first-order valence-electron chi connectivity index (χ1n) is 5.68. The van der Waals surface area contributed by atoms with Crippen LogP contribution in [0.4, 0.5) is 0 Å². The molecule has 1 heterocycles. The number of carbonyl (C=O) groups is 1. The molecule has 0 unspecified atom stereocenters. The second-order valence-corrected chi connectivity index (χ2v) is 5.84. The molecular weight excluding hydrogens is 344 g/mol. The maximum absolute atomic E-state index is 12.4. The minimum atomic E-state index is -1.08. The molecule has 1 N–H and O–H groups in total. The molecule has 0 saturated carbocycles.